The van der Waals surface area contributed by atoms with E-state index in [9.17, 15) is 20.1 Å². The van der Waals surface area contributed by atoms with E-state index >= 15 is 0 Å². The predicted octanol–water partition coefficient (Wildman–Crippen LogP) is 2.75. The lowest BCUT2D eigenvalue weighted by atomic mass is 9.49. The minimum absolute atomic E-state index is 0.169. The molecule has 4 bridgehead atoms. The molecule has 0 aromatic heterocycles. The highest BCUT2D eigenvalue weighted by molar-refractivity contribution is 5.95. The zero-order chi connectivity index (χ0) is 16.2. The molecule has 0 saturated heterocycles. The van der Waals surface area contributed by atoms with E-state index in [0.717, 1.165) is 17.8 Å². The first-order valence-electron chi connectivity index (χ1n) is 8.47. The van der Waals surface area contributed by atoms with Gasteiger partial charge in [-0.2, -0.15) is 0 Å². The number of aromatic hydroxyl groups is 3. The highest BCUT2D eigenvalue weighted by atomic mass is 16.3. The zero-order valence-corrected chi connectivity index (χ0v) is 13.1. The van der Waals surface area contributed by atoms with E-state index in [1.165, 1.54) is 50.7 Å². The van der Waals surface area contributed by atoms with Crippen molar-refractivity contribution in [3.8, 4) is 17.2 Å². The summed E-state index contributed by atoms with van der Waals surface area (Å²) in [4.78, 5) is 12.3. The van der Waals surface area contributed by atoms with Crippen LogP contribution in [0.3, 0.4) is 0 Å². The number of rotatable bonds is 3. The second-order valence-corrected chi connectivity index (χ2v) is 7.96. The van der Waals surface area contributed by atoms with E-state index in [1.54, 1.807) is 0 Å². The highest BCUT2D eigenvalue weighted by Gasteiger charge is 2.50. The van der Waals surface area contributed by atoms with E-state index in [-0.39, 0.29) is 16.9 Å². The molecule has 124 valence electrons. The van der Waals surface area contributed by atoms with Gasteiger partial charge in [-0.25, -0.2) is 0 Å². The van der Waals surface area contributed by atoms with Crippen molar-refractivity contribution in [1.82, 2.24) is 5.32 Å². The molecule has 4 saturated carbocycles. The monoisotopic (exact) mass is 317 g/mol. The van der Waals surface area contributed by atoms with Crippen LogP contribution in [0.15, 0.2) is 12.1 Å². The largest absolute Gasteiger partial charge is 0.504 e. The Morgan fingerprint density at radius 1 is 1.00 bits per heavy atom. The van der Waals surface area contributed by atoms with Crippen molar-refractivity contribution in [2.45, 2.75) is 38.5 Å². The van der Waals surface area contributed by atoms with Crippen LogP contribution >= 0.6 is 0 Å². The Morgan fingerprint density at radius 2 is 1.48 bits per heavy atom. The predicted molar refractivity (Wildman–Crippen MR) is 84.4 cm³/mol. The number of carbonyl (C=O) groups excluding carboxylic acids is 1. The lowest BCUT2D eigenvalue weighted by molar-refractivity contribution is -0.0503. The summed E-state index contributed by atoms with van der Waals surface area (Å²) in [5, 5.41) is 31.4. The van der Waals surface area contributed by atoms with Crippen molar-refractivity contribution in [2.75, 3.05) is 6.54 Å². The molecule has 4 N–H and O–H groups in total. The molecule has 4 aliphatic carbocycles. The number of hydrogen-bond acceptors (Lipinski definition) is 4. The summed E-state index contributed by atoms with van der Waals surface area (Å²) in [6.45, 7) is 0.664. The van der Waals surface area contributed by atoms with Crippen LogP contribution in [-0.4, -0.2) is 27.8 Å². The first kappa shape index (κ1) is 14.7. The molecule has 4 aliphatic rings. The maximum absolute atomic E-state index is 12.3. The number of benzene rings is 1. The van der Waals surface area contributed by atoms with Gasteiger partial charge in [0.25, 0.3) is 5.91 Å². The minimum atomic E-state index is -0.595. The lowest BCUT2D eigenvalue weighted by Crippen LogP contribution is -2.51. The molecule has 5 nitrogen and oxygen atoms in total. The molecule has 1 aromatic carbocycles. The molecule has 5 heteroatoms. The number of phenols is 3. The molecule has 5 rings (SSSR count). The maximum atomic E-state index is 12.3. The first-order chi connectivity index (χ1) is 10.9. The van der Waals surface area contributed by atoms with E-state index in [2.05, 4.69) is 5.32 Å². The van der Waals surface area contributed by atoms with Gasteiger partial charge >= 0.3 is 0 Å². The van der Waals surface area contributed by atoms with Gasteiger partial charge in [0.2, 0.25) is 0 Å². The van der Waals surface area contributed by atoms with Gasteiger partial charge < -0.3 is 20.6 Å². The van der Waals surface area contributed by atoms with Crippen LogP contribution in [0, 0.1) is 23.2 Å². The summed E-state index contributed by atoms with van der Waals surface area (Å²) >= 11 is 0. The van der Waals surface area contributed by atoms with Crippen molar-refractivity contribution in [3.63, 3.8) is 0 Å². The molecule has 1 aromatic rings. The standard InChI is InChI=1S/C18H23NO4/c20-14-4-13(5-15(21)16(14)22)17(23)19-9-18-6-10-1-11(7-18)3-12(2-10)8-18/h4-5,10-12,20-22H,1-3,6-9H2,(H,19,23). The summed E-state index contributed by atoms with van der Waals surface area (Å²) in [6.07, 6.45) is 7.74. The van der Waals surface area contributed by atoms with Gasteiger partial charge in [-0.1, -0.05) is 0 Å². The van der Waals surface area contributed by atoms with Crippen LogP contribution in [0.2, 0.25) is 0 Å². The maximum Gasteiger partial charge on any atom is 0.251 e. The van der Waals surface area contributed by atoms with E-state index in [4.69, 9.17) is 0 Å². The lowest BCUT2D eigenvalue weighted by Gasteiger charge is -2.56. The number of nitrogens with one attached hydrogen (secondary N) is 1. The average molecular weight is 317 g/mol. The van der Waals surface area contributed by atoms with Gasteiger partial charge in [0, 0.05) is 12.1 Å². The molecule has 0 spiro atoms. The number of hydrogen-bond donors (Lipinski definition) is 4. The molecular formula is C18H23NO4. The third kappa shape index (κ3) is 2.52. The molecule has 23 heavy (non-hydrogen) atoms. The number of amides is 1. The Labute approximate surface area is 135 Å². The summed E-state index contributed by atoms with van der Waals surface area (Å²) in [5.41, 5.74) is 0.410. The summed E-state index contributed by atoms with van der Waals surface area (Å²) in [7, 11) is 0. The average Bonchev–Trinajstić information content (AvgIpc) is 2.48. The highest BCUT2D eigenvalue weighted by Crippen LogP contribution is 2.59. The summed E-state index contributed by atoms with van der Waals surface area (Å²) < 4.78 is 0. The Kier molecular flexibility index (Phi) is 3.22. The van der Waals surface area contributed by atoms with Crippen molar-refractivity contribution in [2.24, 2.45) is 23.2 Å². The smallest absolute Gasteiger partial charge is 0.251 e. The van der Waals surface area contributed by atoms with E-state index in [0.29, 0.717) is 6.54 Å². The van der Waals surface area contributed by atoms with Gasteiger partial charge in [0.1, 0.15) is 0 Å². The summed E-state index contributed by atoms with van der Waals surface area (Å²) in [5.74, 6) is 0.628. The molecule has 4 fully saturated rings. The third-order valence-electron chi connectivity index (χ3n) is 6.12. The Hall–Kier alpha value is -1.91. The fraction of sp³-hybridized carbons (Fsp3) is 0.611. The first-order valence-corrected chi connectivity index (χ1v) is 8.47. The Morgan fingerprint density at radius 3 is 1.96 bits per heavy atom. The topological polar surface area (TPSA) is 89.8 Å². The normalized spacial score (nSPS) is 34.5. The van der Waals surface area contributed by atoms with E-state index in [1.807, 2.05) is 0 Å². The third-order valence-corrected chi connectivity index (χ3v) is 6.12. The van der Waals surface area contributed by atoms with Crippen molar-refractivity contribution < 1.29 is 20.1 Å². The fourth-order valence-corrected chi connectivity index (χ4v) is 5.61. The van der Waals surface area contributed by atoms with Gasteiger partial charge in [-0.05, 0) is 73.8 Å². The second-order valence-electron chi connectivity index (χ2n) is 7.96. The van der Waals surface area contributed by atoms with Crippen LogP contribution in [0.25, 0.3) is 0 Å². The quantitative estimate of drug-likeness (QED) is 0.645. The fourth-order valence-electron chi connectivity index (χ4n) is 5.61. The number of carbonyl (C=O) groups is 1. The molecule has 0 unspecified atom stereocenters. The summed E-state index contributed by atoms with van der Waals surface area (Å²) in [6, 6.07) is 2.37. The molecular weight excluding hydrogens is 294 g/mol. The van der Waals surface area contributed by atoms with Gasteiger partial charge in [-0.3, -0.25) is 4.79 Å². The van der Waals surface area contributed by atoms with Crippen LogP contribution in [0.5, 0.6) is 17.2 Å². The minimum Gasteiger partial charge on any atom is -0.504 e. The molecule has 0 atom stereocenters. The molecule has 0 heterocycles. The van der Waals surface area contributed by atoms with Crippen LogP contribution < -0.4 is 5.32 Å². The SMILES string of the molecule is O=C(NCC12CC3CC(CC(C3)C1)C2)c1cc(O)c(O)c(O)c1. The Balaban J connectivity index is 1.46. The Bertz CT molecular complexity index is 596. The van der Waals surface area contributed by atoms with Gasteiger partial charge in [-0.15, -0.1) is 0 Å². The van der Waals surface area contributed by atoms with Crippen LogP contribution in [0.4, 0.5) is 0 Å². The number of phenolic OH excluding ortho intramolecular Hbond substituents is 3. The van der Waals surface area contributed by atoms with Crippen molar-refractivity contribution >= 4 is 5.91 Å². The van der Waals surface area contributed by atoms with E-state index < -0.39 is 17.2 Å². The van der Waals surface area contributed by atoms with Crippen molar-refractivity contribution in [1.29, 1.82) is 0 Å². The van der Waals surface area contributed by atoms with Gasteiger partial charge in [0.05, 0.1) is 0 Å². The van der Waals surface area contributed by atoms with Crippen LogP contribution in [-0.2, 0) is 0 Å². The zero-order valence-electron chi connectivity index (χ0n) is 13.1. The molecule has 0 aliphatic heterocycles. The molecule has 0 radical (unpaired) electrons. The molecule has 1 amide bonds. The van der Waals surface area contributed by atoms with Crippen molar-refractivity contribution in [3.05, 3.63) is 17.7 Å². The van der Waals surface area contributed by atoms with Crippen LogP contribution in [0.1, 0.15) is 48.9 Å². The van der Waals surface area contributed by atoms with Gasteiger partial charge in [0.15, 0.2) is 17.2 Å². The second kappa shape index (κ2) is 5.05.